The van der Waals surface area contributed by atoms with Gasteiger partial charge in [-0.15, -0.1) is 0 Å². The fourth-order valence-electron chi connectivity index (χ4n) is 3.35. The Morgan fingerprint density at radius 1 is 1.07 bits per heavy atom. The molecular formula is C24H28N4O2. The van der Waals surface area contributed by atoms with Crippen LogP contribution in [0.5, 0.6) is 0 Å². The van der Waals surface area contributed by atoms with E-state index >= 15 is 0 Å². The molecule has 0 aliphatic carbocycles. The van der Waals surface area contributed by atoms with Crippen LogP contribution < -0.4 is 5.73 Å². The van der Waals surface area contributed by atoms with Crippen LogP contribution in [0.4, 0.5) is 5.88 Å². The number of carbonyl (C=O) groups excluding carboxylic acids is 1. The Labute approximate surface area is 177 Å². The SMILES string of the molecule is CCN(CC)C(N)=Nc1cc(CC(C)c2cccc(C(=O)c3ccccc3)c2)no1. The highest BCUT2D eigenvalue weighted by Gasteiger charge is 2.14. The summed E-state index contributed by atoms with van der Waals surface area (Å²) in [6.07, 6.45) is 0.674. The van der Waals surface area contributed by atoms with E-state index in [0.29, 0.717) is 29.4 Å². The van der Waals surface area contributed by atoms with Crippen molar-refractivity contribution in [1.82, 2.24) is 10.1 Å². The van der Waals surface area contributed by atoms with E-state index in [1.807, 2.05) is 79.4 Å². The van der Waals surface area contributed by atoms with Crippen molar-refractivity contribution in [2.45, 2.75) is 33.1 Å². The minimum absolute atomic E-state index is 0.0228. The van der Waals surface area contributed by atoms with Gasteiger partial charge < -0.3 is 15.2 Å². The number of benzene rings is 2. The molecule has 3 aromatic rings. The van der Waals surface area contributed by atoms with Gasteiger partial charge in [0.05, 0.1) is 5.69 Å². The number of rotatable bonds is 8. The predicted octanol–water partition coefficient (Wildman–Crippen LogP) is 4.54. The molecule has 0 fully saturated rings. The van der Waals surface area contributed by atoms with Crippen LogP contribution in [0.15, 0.2) is 70.2 Å². The number of hydrogen-bond acceptors (Lipinski definition) is 4. The molecule has 1 unspecified atom stereocenters. The lowest BCUT2D eigenvalue weighted by molar-refractivity contribution is 0.103. The zero-order chi connectivity index (χ0) is 21.5. The summed E-state index contributed by atoms with van der Waals surface area (Å²) in [6, 6.07) is 18.9. The maximum Gasteiger partial charge on any atom is 0.253 e. The van der Waals surface area contributed by atoms with Crippen molar-refractivity contribution >= 4 is 17.6 Å². The van der Waals surface area contributed by atoms with Gasteiger partial charge in [-0.2, -0.15) is 4.99 Å². The van der Waals surface area contributed by atoms with Gasteiger partial charge >= 0.3 is 0 Å². The summed E-state index contributed by atoms with van der Waals surface area (Å²) in [5.41, 5.74) is 9.27. The highest BCUT2D eigenvalue weighted by molar-refractivity contribution is 6.09. The Hall–Kier alpha value is -3.41. The van der Waals surface area contributed by atoms with E-state index in [1.165, 1.54) is 0 Å². The van der Waals surface area contributed by atoms with Gasteiger partial charge in [0.15, 0.2) is 11.7 Å². The molecule has 1 aromatic heterocycles. The fourth-order valence-corrected chi connectivity index (χ4v) is 3.35. The van der Waals surface area contributed by atoms with Crippen LogP contribution in [-0.2, 0) is 6.42 Å². The molecule has 0 spiro atoms. The Morgan fingerprint density at radius 2 is 1.77 bits per heavy atom. The van der Waals surface area contributed by atoms with E-state index < -0.39 is 0 Å². The van der Waals surface area contributed by atoms with Gasteiger partial charge in [-0.05, 0) is 37.8 Å². The summed E-state index contributed by atoms with van der Waals surface area (Å²) < 4.78 is 5.33. The smallest absolute Gasteiger partial charge is 0.253 e. The first-order valence-corrected chi connectivity index (χ1v) is 10.3. The minimum Gasteiger partial charge on any atom is -0.369 e. The number of carbonyl (C=O) groups is 1. The number of nitrogens with two attached hydrogens (primary N) is 1. The van der Waals surface area contributed by atoms with E-state index in [-0.39, 0.29) is 11.7 Å². The largest absolute Gasteiger partial charge is 0.369 e. The van der Waals surface area contributed by atoms with Crippen molar-refractivity contribution in [2.75, 3.05) is 13.1 Å². The fraction of sp³-hybridized carbons (Fsp3) is 0.292. The molecule has 6 nitrogen and oxygen atoms in total. The van der Waals surface area contributed by atoms with Gasteiger partial charge in [0.2, 0.25) is 0 Å². The lowest BCUT2D eigenvalue weighted by Crippen LogP contribution is -2.36. The molecule has 0 aliphatic heterocycles. The van der Waals surface area contributed by atoms with Gasteiger partial charge in [0.1, 0.15) is 0 Å². The molecule has 3 rings (SSSR count). The third kappa shape index (κ3) is 5.14. The second kappa shape index (κ2) is 9.87. The number of nitrogens with zero attached hydrogens (tertiary/aromatic N) is 3. The van der Waals surface area contributed by atoms with Gasteiger partial charge in [0.25, 0.3) is 5.88 Å². The standard InChI is InChI=1S/C24H28N4O2/c1-4-28(5-2)24(25)26-22-16-21(27-30-22)14-17(3)19-12-9-13-20(15-19)23(29)18-10-7-6-8-11-18/h6-13,15-17H,4-5,14H2,1-3H3,(H2,25,26). The Balaban J connectivity index is 1.71. The third-order valence-electron chi connectivity index (χ3n) is 5.13. The Morgan fingerprint density at radius 3 is 2.47 bits per heavy atom. The second-order valence-corrected chi connectivity index (χ2v) is 7.22. The highest BCUT2D eigenvalue weighted by Crippen LogP contribution is 2.24. The van der Waals surface area contributed by atoms with Crippen molar-refractivity contribution in [1.29, 1.82) is 0 Å². The number of guanidine groups is 1. The van der Waals surface area contributed by atoms with Crippen molar-refractivity contribution in [2.24, 2.45) is 10.7 Å². The molecule has 156 valence electrons. The van der Waals surface area contributed by atoms with Crippen molar-refractivity contribution in [3.05, 3.63) is 83.0 Å². The summed E-state index contributed by atoms with van der Waals surface area (Å²) >= 11 is 0. The van der Waals surface area contributed by atoms with Crippen LogP contribution in [0.1, 0.15) is 53.9 Å². The van der Waals surface area contributed by atoms with Crippen LogP contribution in [0, 0.1) is 0 Å². The quantitative estimate of drug-likeness (QED) is 0.338. The van der Waals surface area contributed by atoms with Gasteiger partial charge in [-0.1, -0.05) is 60.6 Å². The molecule has 2 aromatic carbocycles. The molecule has 1 heterocycles. The molecule has 0 amide bonds. The Bertz CT molecular complexity index is 1010. The first kappa shape index (κ1) is 21.3. The van der Waals surface area contributed by atoms with E-state index in [0.717, 1.165) is 24.3 Å². The number of ketones is 1. The predicted molar refractivity (Wildman–Crippen MR) is 119 cm³/mol. The molecule has 0 aliphatic rings. The maximum absolute atomic E-state index is 12.7. The number of aliphatic imine (C=N–C) groups is 1. The van der Waals surface area contributed by atoms with E-state index in [1.54, 1.807) is 0 Å². The first-order valence-electron chi connectivity index (χ1n) is 10.3. The summed E-state index contributed by atoms with van der Waals surface area (Å²) in [6.45, 7) is 7.71. The number of aromatic nitrogens is 1. The van der Waals surface area contributed by atoms with Crippen LogP contribution in [0.25, 0.3) is 0 Å². The molecule has 30 heavy (non-hydrogen) atoms. The summed E-state index contributed by atoms with van der Waals surface area (Å²) in [7, 11) is 0. The van der Waals surface area contributed by atoms with Crippen LogP contribution in [0.3, 0.4) is 0 Å². The van der Waals surface area contributed by atoms with Crippen molar-refractivity contribution in [3.8, 4) is 0 Å². The van der Waals surface area contributed by atoms with Gasteiger partial charge in [-0.25, -0.2) is 0 Å². The molecule has 6 heteroatoms. The normalized spacial score (nSPS) is 12.6. The van der Waals surface area contributed by atoms with Crippen molar-refractivity contribution in [3.63, 3.8) is 0 Å². The lowest BCUT2D eigenvalue weighted by Gasteiger charge is -2.18. The Kier molecular flexibility index (Phi) is 7.01. The second-order valence-electron chi connectivity index (χ2n) is 7.22. The molecular weight excluding hydrogens is 376 g/mol. The average Bonchev–Trinajstić information content (AvgIpc) is 3.21. The van der Waals surface area contributed by atoms with Gasteiger partial charge in [0, 0.05) is 30.3 Å². The lowest BCUT2D eigenvalue weighted by atomic mass is 9.93. The maximum atomic E-state index is 12.7. The monoisotopic (exact) mass is 404 g/mol. The summed E-state index contributed by atoms with van der Waals surface area (Å²) in [5, 5.41) is 4.13. The van der Waals surface area contributed by atoms with E-state index in [4.69, 9.17) is 10.3 Å². The molecule has 0 saturated carbocycles. The molecule has 0 radical (unpaired) electrons. The van der Waals surface area contributed by atoms with Crippen LogP contribution in [0.2, 0.25) is 0 Å². The van der Waals surface area contributed by atoms with Gasteiger partial charge in [-0.3, -0.25) is 4.79 Å². The minimum atomic E-state index is 0.0228. The number of hydrogen-bond donors (Lipinski definition) is 1. The first-order chi connectivity index (χ1) is 14.5. The zero-order valence-electron chi connectivity index (χ0n) is 17.7. The van der Waals surface area contributed by atoms with Crippen LogP contribution in [-0.4, -0.2) is 34.9 Å². The molecule has 2 N–H and O–H groups in total. The highest BCUT2D eigenvalue weighted by atomic mass is 16.5. The van der Waals surface area contributed by atoms with E-state index in [2.05, 4.69) is 17.1 Å². The van der Waals surface area contributed by atoms with Crippen molar-refractivity contribution < 1.29 is 9.32 Å². The average molecular weight is 405 g/mol. The molecule has 1 atom stereocenters. The molecule has 0 bridgehead atoms. The van der Waals surface area contributed by atoms with Crippen LogP contribution >= 0.6 is 0 Å². The van der Waals surface area contributed by atoms with E-state index in [9.17, 15) is 4.79 Å². The summed E-state index contributed by atoms with van der Waals surface area (Å²) in [5.74, 6) is 1.00. The molecule has 0 saturated heterocycles. The summed E-state index contributed by atoms with van der Waals surface area (Å²) in [4.78, 5) is 19.0. The topological polar surface area (TPSA) is 84.7 Å². The zero-order valence-corrected chi connectivity index (χ0v) is 17.7. The third-order valence-corrected chi connectivity index (χ3v) is 5.13.